The number of hydrogen-bond donors (Lipinski definition) is 1. The van der Waals surface area contributed by atoms with Crippen molar-refractivity contribution in [2.75, 3.05) is 0 Å². The fourth-order valence-electron chi connectivity index (χ4n) is 5.18. The molecule has 2 aliphatic carbocycles. The van der Waals surface area contributed by atoms with Gasteiger partial charge in [-0.1, -0.05) is 25.3 Å². The van der Waals surface area contributed by atoms with Crippen LogP contribution < -0.4 is 0 Å². The van der Waals surface area contributed by atoms with Crippen molar-refractivity contribution < 1.29 is 13.2 Å². The Bertz CT molecular complexity index is 1220. The van der Waals surface area contributed by atoms with Crippen molar-refractivity contribution >= 4 is 38.0 Å². The summed E-state index contributed by atoms with van der Waals surface area (Å²) in [4.78, 5) is 17.3. The first-order chi connectivity index (χ1) is 14.9. The summed E-state index contributed by atoms with van der Waals surface area (Å²) in [5, 5.41) is 2.86. The quantitative estimate of drug-likeness (QED) is 0.545. The van der Waals surface area contributed by atoms with Crippen LogP contribution in [0.4, 0.5) is 0 Å². The molecule has 3 aromatic rings. The van der Waals surface area contributed by atoms with Crippen molar-refractivity contribution in [3.63, 3.8) is 0 Å². The lowest BCUT2D eigenvalue weighted by Gasteiger charge is -2.33. The first kappa shape index (κ1) is 20.9. The number of H-pyrrole nitrogens is 1. The van der Waals surface area contributed by atoms with Gasteiger partial charge in [0.1, 0.15) is 0 Å². The summed E-state index contributed by atoms with van der Waals surface area (Å²) < 4.78 is 29.7. The molecule has 2 aromatic heterocycles. The van der Waals surface area contributed by atoms with Crippen LogP contribution in [0.5, 0.6) is 0 Å². The molecule has 0 spiro atoms. The summed E-state index contributed by atoms with van der Waals surface area (Å²) in [7, 11) is -3.68. The second kappa shape index (κ2) is 8.19. The molecule has 2 aliphatic rings. The van der Waals surface area contributed by atoms with Gasteiger partial charge in [-0.3, -0.25) is 4.79 Å². The van der Waals surface area contributed by atoms with Gasteiger partial charge in [0.15, 0.2) is 5.78 Å². The fraction of sp³-hybridized carbons (Fsp3) is 0.458. The van der Waals surface area contributed by atoms with E-state index in [2.05, 4.69) is 4.98 Å². The summed E-state index contributed by atoms with van der Waals surface area (Å²) in [5.41, 5.74) is 3.17. The molecule has 0 bridgehead atoms. The van der Waals surface area contributed by atoms with E-state index in [4.69, 9.17) is 0 Å². The number of Topliss-reactive ketones (excluding diaryl/α,β-unsaturated/α-hetero) is 1. The number of carbonyl (C=O) groups is 1. The number of nitrogens with one attached hydrogen (secondary N) is 1. The molecule has 5 rings (SSSR count). The van der Waals surface area contributed by atoms with Crippen molar-refractivity contribution in [3.8, 4) is 0 Å². The van der Waals surface area contributed by atoms with Crippen molar-refractivity contribution in [1.29, 1.82) is 0 Å². The second-order valence-corrected chi connectivity index (χ2v) is 11.7. The van der Waals surface area contributed by atoms with E-state index in [0.29, 0.717) is 23.4 Å². The minimum Gasteiger partial charge on any atom is -0.358 e. The topological polar surface area (TPSA) is 70.2 Å². The number of sulfonamides is 1. The maximum absolute atomic E-state index is 14.0. The number of aromatic nitrogens is 1. The summed E-state index contributed by atoms with van der Waals surface area (Å²) in [6, 6.07) is 7.68. The normalized spacial score (nSPS) is 18.1. The Morgan fingerprint density at radius 1 is 1.13 bits per heavy atom. The lowest BCUT2D eigenvalue weighted by atomic mass is 9.94. The number of carbonyl (C=O) groups excluding carboxylic acids is 1. The molecule has 31 heavy (non-hydrogen) atoms. The monoisotopic (exact) mass is 456 g/mol. The zero-order chi connectivity index (χ0) is 21.6. The standard InChI is InChI=1S/C24H28N2O3S2/c1-16-13-19-21(25-20-10-5-11-22(27)24(19)20)14-23(16)31(28,29)26(15-18-9-6-12-30-18)17-7-3-2-4-8-17/h6,9,12-14,17,25H,2-5,7-8,10-11,15H2,1H3. The van der Waals surface area contributed by atoms with Crippen molar-refractivity contribution in [2.24, 2.45) is 0 Å². The molecular formula is C24H28N2O3S2. The molecular weight excluding hydrogens is 428 g/mol. The highest BCUT2D eigenvalue weighted by molar-refractivity contribution is 7.89. The van der Waals surface area contributed by atoms with Crippen LogP contribution in [0.1, 0.15) is 71.4 Å². The van der Waals surface area contributed by atoms with E-state index >= 15 is 0 Å². The number of benzene rings is 1. The first-order valence-corrected chi connectivity index (χ1v) is 13.5. The molecule has 5 nitrogen and oxygen atoms in total. The molecule has 0 amide bonds. The smallest absolute Gasteiger partial charge is 0.243 e. The molecule has 1 aromatic carbocycles. The number of aryl methyl sites for hydroxylation is 2. The van der Waals surface area contributed by atoms with E-state index in [1.807, 2.05) is 30.5 Å². The van der Waals surface area contributed by atoms with Gasteiger partial charge in [0.05, 0.1) is 4.90 Å². The molecule has 1 fully saturated rings. The van der Waals surface area contributed by atoms with Gasteiger partial charge in [-0.05, 0) is 61.7 Å². The van der Waals surface area contributed by atoms with Gasteiger partial charge >= 0.3 is 0 Å². The highest BCUT2D eigenvalue weighted by atomic mass is 32.2. The van der Waals surface area contributed by atoms with E-state index in [-0.39, 0.29) is 11.8 Å². The molecule has 0 saturated heterocycles. The Labute approximate surface area is 187 Å². The highest BCUT2D eigenvalue weighted by Crippen LogP contribution is 2.35. The third-order valence-electron chi connectivity index (χ3n) is 6.74. The van der Waals surface area contributed by atoms with Gasteiger partial charge in [-0.25, -0.2) is 8.42 Å². The maximum Gasteiger partial charge on any atom is 0.243 e. The zero-order valence-electron chi connectivity index (χ0n) is 17.8. The van der Waals surface area contributed by atoms with Crippen molar-refractivity contribution in [1.82, 2.24) is 9.29 Å². The summed E-state index contributed by atoms with van der Waals surface area (Å²) in [6.07, 6.45) is 7.40. The average molecular weight is 457 g/mol. The largest absolute Gasteiger partial charge is 0.358 e. The molecule has 1 saturated carbocycles. The Kier molecular flexibility index (Phi) is 5.52. The van der Waals surface area contributed by atoms with E-state index in [1.54, 1.807) is 21.7 Å². The summed E-state index contributed by atoms with van der Waals surface area (Å²) >= 11 is 1.60. The van der Waals surface area contributed by atoms with Gasteiger partial charge in [-0.15, -0.1) is 11.3 Å². The van der Waals surface area contributed by atoms with Crippen LogP contribution >= 0.6 is 11.3 Å². The highest BCUT2D eigenvalue weighted by Gasteiger charge is 2.34. The minimum absolute atomic E-state index is 0.0365. The van der Waals surface area contributed by atoms with Crippen LogP contribution in [0.2, 0.25) is 0 Å². The minimum atomic E-state index is -3.68. The van der Waals surface area contributed by atoms with Crippen LogP contribution in [-0.2, 0) is 23.0 Å². The van der Waals surface area contributed by atoms with Crippen LogP contribution in [0.3, 0.4) is 0 Å². The third-order valence-corrected chi connectivity index (χ3v) is 9.64. The predicted octanol–water partition coefficient (Wildman–Crippen LogP) is 5.58. The van der Waals surface area contributed by atoms with Gasteiger partial charge in [0.25, 0.3) is 0 Å². The number of ketones is 1. The van der Waals surface area contributed by atoms with Gasteiger partial charge < -0.3 is 4.98 Å². The Morgan fingerprint density at radius 3 is 2.68 bits per heavy atom. The number of rotatable bonds is 5. The number of thiophene rings is 1. The van der Waals surface area contributed by atoms with E-state index in [9.17, 15) is 13.2 Å². The maximum atomic E-state index is 14.0. The molecule has 0 radical (unpaired) electrons. The van der Waals surface area contributed by atoms with Gasteiger partial charge in [0.2, 0.25) is 10.0 Å². The fourth-order valence-corrected chi connectivity index (χ4v) is 7.86. The molecule has 164 valence electrons. The SMILES string of the molecule is Cc1cc2c3c([nH]c2cc1S(=O)(=O)N(Cc1cccs1)C1CCCCC1)CCCC3=O. The Morgan fingerprint density at radius 2 is 1.94 bits per heavy atom. The third kappa shape index (κ3) is 3.77. The van der Waals surface area contributed by atoms with Crippen molar-refractivity contribution in [3.05, 3.63) is 51.3 Å². The molecule has 7 heteroatoms. The van der Waals surface area contributed by atoms with Crippen LogP contribution in [0.15, 0.2) is 34.5 Å². The molecule has 2 heterocycles. The van der Waals surface area contributed by atoms with E-state index in [0.717, 1.165) is 65.6 Å². The summed E-state index contributed by atoms with van der Waals surface area (Å²) in [6.45, 7) is 2.27. The van der Waals surface area contributed by atoms with Crippen LogP contribution in [-0.4, -0.2) is 29.5 Å². The number of hydrogen-bond acceptors (Lipinski definition) is 4. The number of nitrogens with zero attached hydrogens (tertiary/aromatic N) is 1. The number of fused-ring (bicyclic) bond motifs is 3. The van der Waals surface area contributed by atoms with Crippen molar-refractivity contribution in [2.45, 2.75) is 75.8 Å². The van der Waals surface area contributed by atoms with Gasteiger partial charge in [-0.2, -0.15) is 4.31 Å². The Hall–Kier alpha value is -1.96. The van der Waals surface area contributed by atoms with Crippen LogP contribution in [0.25, 0.3) is 10.9 Å². The molecule has 0 unspecified atom stereocenters. The number of aromatic amines is 1. The lowest BCUT2D eigenvalue weighted by Crippen LogP contribution is -2.41. The summed E-state index contributed by atoms with van der Waals surface area (Å²) in [5.74, 6) is 0.157. The van der Waals surface area contributed by atoms with E-state index in [1.165, 1.54) is 6.42 Å². The first-order valence-electron chi connectivity index (χ1n) is 11.2. The molecule has 0 aliphatic heterocycles. The lowest BCUT2D eigenvalue weighted by molar-refractivity contribution is 0.0974. The van der Waals surface area contributed by atoms with Crippen LogP contribution in [0, 0.1) is 6.92 Å². The second-order valence-electron chi connectivity index (χ2n) is 8.84. The molecule has 0 atom stereocenters. The molecule has 1 N–H and O–H groups in total. The average Bonchev–Trinajstić information content (AvgIpc) is 3.39. The predicted molar refractivity (Wildman–Crippen MR) is 124 cm³/mol. The Balaban J connectivity index is 1.60. The van der Waals surface area contributed by atoms with Gasteiger partial charge in [0, 0.05) is 46.0 Å². The van der Waals surface area contributed by atoms with E-state index < -0.39 is 10.0 Å². The zero-order valence-corrected chi connectivity index (χ0v) is 19.4.